The van der Waals surface area contributed by atoms with Crippen molar-refractivity contribution in [1.82, 2.24) is 4.98 Å². The largest absolute Gasteiger partial charge is 0.338 e. The number of aryl methyl sites for hydroxylation is 1. The Morgan fingerprint density at radius 3 is 2.59 bits per heavy atom. The minimum absolute atomic E-state index is 0.320. The number of anilines is 2. The van der Waals surface area contributed by atoms with Crippen LogP contribution in [0, 0.1) is 6.92 Å². The molecule has 27 heavy (non-hydrogen) atoms. The number of fused-ring (bicyclic) bond motifs is 1. The van der Waals surface area contributed by atoms with Crippen LogP contribution in [0.15, 0.2) is 53.1 Å². The first kappa shape index (κ1) is 18.7. The first-order valence-corrected chi connectivity index (χ1v) is 10.5. The SMILES string of the molecule is Cc1cc(Br)cc(N(c2ccnc3cc(Cl)ccc23)C2CCC(N)CC2)c1. The molecule has 1 aliphatic rings. The van der Waals surface area contributed by atoms with Gasteiger partial charge in [0.2, 0.25) is 0 Å². The molecule has 0 atom stereocenters. The normalized spacial score (nSPS) is 20.0. The molecule has 3 aromatic rings. The smallest absolute Gasteiger partial charge is 0.0737 e. The van der Waals surface area contributed by atoms with E-state index in [9.17, 15) is 0 Å². The molecule has 5 heteroatoms. The number of hydrogen-bond acceptors (Lipinski definition) is 3. The van der Waals surface area contributed by atoms with E-state index in [4.69, 9.17) is 17.3 Å². The quantitative estimate of drug-likeness (QED) is 0.510. The maximum absolute atomic E-state index is 6.20. The fraction of sp³-hybridized carbons (Fsp3) is 0.318. The number of hydrogen-bond donors (Lipinski definition) is 1. The Balaban J connectivity index is 1.88. The molecule has 3 nitrogen and oxygen atoms in total. The Hall–Kier alpha value is -1.62. The van der Waals surface area contributed by atoms with E-state index in [0.29, 0.717) is 17.1 Å². The molecule has 2 aromatic carbocycles. The molecule has 1 aliphatic carbocycles. The van der Waals surface area contributed by atoms with Crippen LogP contribution in [0.3, 0.4) is 0 Å². The summed E-state index contributed by atoms with van der Waals surface area (Å²) in [6.07, 6.45) is 6.17. The van der Waals surface area contributed by atoms with Crippen molar-refractivity contribution in [3.63, 3.8) is 0 Å². The molecular weight excluding hydrogens is 422 g/mol. The van der Waals surface area contributed by atoms with Gasteiger partial charge in [0.15, 0.2) is 0 Å². The number of halogens is 2. The van der Waals surface area contributed by atoms with Crippen LogP contribution in [-0.4, -0.2) is 17.1 Å². The van der Waals surface area contributed by atoms with Gasteiger partial charge in [0.05, 0.1) is 11.2 Å². The minimum atomic E-state index is 0.320. The fourth-order valence-electron chi connectivity index (χ4n) is 4.08. The van der Waals surface area contributed by atoms with Crippen molar-refractivity contribution in [2.75, 3.05) is 4.90 Å². The summed E-state index contributed by atoms with van der Waals surface area (Å²) in [6.45, 7) is 2.13. The molecule has 0 bridgehead atoms. The van der Waals surface area contributed by atoms with Crippen molar-refractivity contribution < 1.29 is 0 Å². The van der Waals surface area contributed by atoms with Gasteiger partial charge >= 0.3 is 0 Å². The van der Waals surface area contributed by atoms with Crippen molar-refractivity contribution in [1.29, 1.82) is 0 Å². The molecule has 0 spiro atoms. The average Bonchev–Trinajstić information content (AvgIpc) is 2.62. The lowest BCUT2D eigenvalue weighted by Gasteiger charge is -2.38. The summed E-state index contributed by atoms with van der Waals surface area (Å²) < 4.78 is 1.09. The standard InChI is InChI=1S/C22H23BrClN3/c1-14-10-15(23)12-19(11-14)27(18-5-3-17(25)4-6-18)22-8-9-26-21-13-16(24)2-7-20(21)22/h2,7-13,17-18H,3-6,25H2,1H3. The Bertz CT molecular complexity index is 947. The molecule has 0 aliphatic heterocycles. The molecule has 0 saturated heterocycles. The van der Waals surface area contributed by atoms with Gasteiger partial charge in [-0.05, 0) is 80.6 Å². The van der Waals surface area contributed by atoms with Crippen LogP contribution in [0.1, 0.15) is 31.2 Å². The van der Waals surface area contributed by atoms with Gasteiger partial charge in [-0.2, -0.15) is 0 Å². The summed E-state index contributed by atoms with van der Waals surface area (Å²) in [6, 6.07) is 15.4. The summed E-state index contributed by atoms with van der Waals surface area (Å²) in [5.74, 6) is 0. The zero-order valence-corrected chi connectivity index (χ0v) is 17.7. The Morgan fingerprint density at radius 2 is 1.85 bits per heavy atom. The predicted octanol–water partition coefficient (Wildman–Crippen LogP) is 6.37. The van der Waals surface area contributed by atoms with Gasteiger partial charge in [-0.1, -0.05) is 27.5 Å². The van der Waals surface area contributed by atoms with E-state index in [1.807, 2.05) is 18.3 Å². The van der Waals surface area contributed by atoms with Gasteiger partial charge in [0, 0.05) is 38.8 Å². The lowest BCUT2D eigenvalue weighted by atomic mass is 9.89. The van der Waals surface area contributed by atoms with Gasteiger partial charge in [-0.15, -0.1) is 0 Å². The van der Waals surface area contributed by atoms with Crippen LogP contribution in [0.25, 0.3) is 10.9 Å². The first-order chi connectivity index (χ1) is 13.0. The van der Waals surface area contributed by atoms with Crippen molar-refractivity contribution in [3.8, 4) is 0 Å². The highest BCUT2D eigenvalue weighted by Crippen LogP contribution is 2.39. The topological polar surface area (TPSA) is 42.2 Å². The van der Waals surface area contributed by atoms with E-state index >= 15 is 0 Å². The Kier molecular flexibility index (Phi) is 5.40. The van der Waals surface area contributed by atoms with Crippen molar-refractivity contribution in [2.45, 2.75) is 44.7 Å². The predicted molar refractivity (Wildman–Crippen MR) is 118 cm³/mol. The second kappa shape index (κ2) is 7.78. The second-order valence-corrected chi connectivity index (χ2v) is 8.77. The summed E-state index contributed by atoms with van der Waals surface area (Å²) in [5.41, 5.74) is 10.7. The van der Waals surface area contributed by atoms with Gasteiger partial charge in [-0.25, -0.2) is 0 Å². The van der Waals surface area contributed by atoms with Gasteiger partial charge in [0.1, 0.15) is 0 Å². The lowest BCUT2D eigenvalue weighted by molar-refractivity contribution is 0.391. The van der Waals surface area contributed by atoms with Crippen LogP contribution in [0.2, 0.25) is 5.02 Å². The molecule has 2 N–H and O–H groups in total. The van der Waals surface area contributed by atoms with E-state index in [0.717, 1.165) is 41.1 Å². The number of nitrogens with zero attached hydrogens (tertiary/aromatic N) is 2. The first-order valence-electron chi connectivity index (χ1n) is 9.37. The number of pyridine rings is 1. The minimum Gasteiger partial charge on any atom is -0.338 e. The van der Waals surface area contributed by atoms with Crippen LogP contribution in [0.4, 0.5) is 11.4 Å². The molecule has 140 valence electrons. The summed E-state index contributed by atoms with van der Waals surface area (Å²) in [5, 5.41) is 1.83. The third-order valence-electron chi connectivity index (χ3n) is 5.35. The number of nitrogens with two attached hydrogens (primary N) is 1. The Morgan fingerprint density at radius 1 is 1.07 bits per heavy atom. The van der Waals surface area contributed by atoms with Crippen molar-refractivity contribution in [2.24, 2.45) is 5.73 Å². The monoisotopic (exact) mass is 443 g/mol. The highest BCUT2D eigenvalue weighted by atomic mass is 79.9. The maximum atomic E-state index is 6.20. The molecule has 1 saturated carbocycles. The van der Waals surface area contributed by atoms with E-state index in [1.165, 1.54) is 16.9 Å². The van der Waals surface area contributed by atoms with E-state index in [2.05, 4.69) is 63.1 Å². The van der Waals surface area contributed by atoms with Crippen LogP contribution < -0.4 is 10.6 Å². The summed E-state index contributed by atoms with van der Waals surface area (Å²) in [7, 11) is 0. The van der Waals surface area contributed by atoms with Gasteiger partial charge < -0.3 is 10.6 Å². The van der Waals surface area contributed by atoms with Gasteiger partial charge in [-0.3, -0.25) is 4.98 Å². The van der Waals surface area contributed by atoms with E-state index in [-0.39, 0.29) is 0 Å². The Labute approximate surface area is 173 Å². The summed E-state index contributed by atoms with van der Waals surface area (Å²) >= 11 is 9.87. The average molecular weight is 445 g/mol. The zero-order valence-electron chi connectivity index (χ0n) is 15.3. The second-order valence-electron chi connectivity index (χ2n) is 7.42. The molecule has 4 rings (SSSR count). The van der Waals surface area contributed by atoms with E-state index in [1.54, 1.807) is 0 Å². The fourth-order valence-corrected chi connectivity index (χ4v) is 4.84. The third-order valence-corrected chi connectivity index (χ3v) is 6.05. The zero-order chi connectivity index (χ0) is 19.0. The van der Waals surface area contributed by atoms with Crippen LogP contribution in [-0.2, 0) is 0 Å². The molecule has 0 unspecified atom stereocenters. The number of rotatable bonds is 3. The highest BCUT2D eigenvalue weighted by Gasteiger charge is 2.27. The molecule has 0 amide bonds. The lowest BCUT2D eigenvalue weighted by Crippen LogP contribution is -2.38. The van der Waals surface area contributed by atoms with Crippen molar-refractivity contribution >= 4 is 49.8 Å². The molecule has 1 aromatic heterocycles. The van der Waals surface area contributed by atoms with E-state index < -0.39 is 0 Å². The molecule has 1 fully saturated rings. The summed E-state index contributed by atoms with van der Waals surface area (Å²) in [4.78, 5) is 7.00. The number of benzene rings is 2. The van der Waals surface area contributed by atoms with Gasteiger partial charge in [0.25, 0.3) is 0 Å². The van der Waals surface area contributed by atoms with Crippen molar-refractivity contribution in [3.05, 3.63) is 63.7 Å². The highest BCUT2D eigenvalue weighted by molar-refractivity contribution is 9.10. The number of aromatic nitrogens is 1. The molecule has 0 radical (unpaired) electrons. The van der Waals surface area contributed by atoms with Crippen LogP contribution in [0.5, 0.6) is 0 Å². The maximum Gasteiger partial charge on any atom is 0.0737 e. The van der Waals surface area contributed by atoms with Crippen LogP contribution >= 0.6 is 27.5 Å². The third kappa shape index (κ3) is 3.98. The molecule has 1 heterocycles. The molecular formula is C22H23BrClN3.